The quantitative estimate of drug-likeness (QED) is 0.152. The molecule has 0 fully saturated rings. The van der Waals surface area contributed by atoms with Crippen molar-refractivity contribution in [3.05, 3.63) is 103 Å². The molecular weight excluding hydrogens is 482 g/mol. The van der Waals surface area contributed by atoms with Crippen molar-refractivity contribution in [1.29, 1.82) is 0 Å². The predicted molar refractivity (Wildman–Crippen MR) is 134 cm³/mol. The van der Waals surface area contributed by atoms with Gasteiger partial charge >= 0.3 is 0 Å². The van der Waals surface area contributed by atoms with Crippen molar-refractivity contribution in [2.24, 2.45) is 5.10 Å². The van der Waals surface area contributed by atoms with E-state index in [1.54, 1.807) is 36.7 Å². The van der Waals surface area contributed by atoms with Crippen LogP contribution in [-0.4, -0.2) is 54.8 Å². The molecule has 4 rings (SSSR count). The summed E-state index contributed by atoms with van der Waals surface area (Å²) >= 11 is 0. The van der Waals surface area contributed by atoms with E-state index < -0.39 is 23.4 Å². The van der Waals surface area contributed by atoms with Gasteiger partial charge in [-0.1, -0.05) is 19.1 Å². The van der Waals surface area contributed by atoms with E-state index in [9.17, 15) is 18.7 Å². The minimum absolute atomic E-state index is 0.0297. The van der Waals surface area contributed by atoms with Crippen LogP contribution in [0.15, 0.2) is 96.1 Å². The minimum Gasteiger partial charge on any atom is -0.505 e. The number of phenols is 1. The zero-order chi connectivity index (χ0) is 26.4. The third-order valence-electron chi connectivity index (χ3n) is 5.46. The zero-order valence-corrected chi connectivity index (χ0v) is 20.1. The molecule has 11 heteroatoms. The second-order valence-corrected chi connectivity index (χ2v) is 7.79. The highest BCUT2D eigenvalue weighted by atomic mass is 19.1. The standard InChI is InChI=1S/C26H24F2N6O3/c1-3-22(23-10-12-30-34(23)24-6-4-7-25(36)26(24)28)31-33(16-21(17-35)37-2)20-9-8-19(14-18(27)15-20)32-13-5-11-29-32/h4-17,20,36H,3H2,1-2H3/b21-16+,31-22+. The number of nitrogens with zero attached hydrogens (tertiary/aromatic N) is 6. The predicted octanol–water partition coefficient (Wildman–Crippen LogP) is 4.35. The summed E-state index contributed by atoms with van der Waals surface area (Å²) in [6.07, 6.45) is 13.0. The number of rotatable bonds is 9. The van der Waals surface area contributed by atoms with E-state index in [4.69, 9.17) is 4.74 Å². The van der Waals surface area contributed by atoms with Crippen molar-refractivity contribution in [3.63, 3.8) is 0 Å². The van der Waals surface area contributed by atoms with Crippen molar-refractivity contribution in [2.75, 3.05) is 7.11 Å². The van der Waals surface area contributed by atoms with Gasteiger partial charge in [-0.2, -0.15) is 15.3 Å². The van der Waals surface area contributed by atoms with Crippen LogP contribution in [0.5, 0.6) is 5.75 Å². The highest BCUT2D eigenvalue weighted by Gasteiger charge is 2.20. The SMILES string of the molecule is CC/C(=N\N(/C=C(\C=O)OC)C1C=CC(n2cccn2)=CC(F)=C1)c1ccnn1-c1cccc(O)c1F. The van der Waals surface area contributed by atoms with Gasteiger partial charge in [-0.05, 0) is 48.9 Å². The molecule has 190 valence electrons. The van der Waals surface area contributed by atoms with E-state index in [1.165, 1.54) is 64.2 Å². The maximum atomic E-state index is 14.9. The fourth-order valence-corrected chi connectivity index (χ4v) is 3.65. The largest absolute Gasteiger partial charge is 0.505 e. The third kappa shape index (κ3) is 5.56. The van der Waals surface area contributed by atoms with Crippen molar-refractivity contribution in [2.45, 2.75) is 19.4 Å². The van der Waals surface area contributed by atoms with Crippen molar-refractivity contribution in [3.8, 4) is 11.4 Å². The number of carbonyl (C=O) groups excluding carboxylic acids is 1. The Labute approximate surface area is 211 Å². The molecule has 2 heterocycles. The van der Waals surface area contributed by atoms with Gasteiger partial charge in [-0.25, -0.2) is 18.1 Å². The van der Waals surface area contributed by atoms with Gasteiger partial charge in [0.2, 0.25) is 0 Å². The number of halogens is 2. The molecule has 0 amide bonds. The molecule has 0 saturated heterocycles. The van der Waals surface area contributed by atoms with E-state index in [0.29, 0.717) is 29.8 Å². The Kier molecular flexibility index (Phi) is 7.72. The second kappa shape index (κ2) is 11.3. The van der Waals surface area contributed by atoms with Crippen LogP contribution < -0.4 is 0 Å². The summed E-state index contributed by atoms with van der Waals surface area (Å²) < 4.78 is 37.5. The Balaban J connectivity index is 1.79. The normalized spacial score (nSPS) is 16.2. The first kappa shape index (κ1) is 25.3. The van der Waals surface area contributed by atoms with Crippen LogP contribution in [0, 0.1) is 5.82 Å². The van der Waals surface area contributed by atoms with Crippen LogP contribution in [-0.2, 0) is 9.53 Å². The second-order valence-electron chi connectivity index (χ2n) is 7.79. The summed E-state index contributed by atoms with van der Waals surface area (Å²) in [6, 6.07) is 6.81. The van der Waals surface area contributed by atoms with Crippen LogP contribution in [0.3, 0.4) is 0 Å². The number of carbonyl (C=O) groups is 1. The number of phenolic OH excluding ortho intramolecular Hbond substituents is 1. The van der Waals surface area contributed by atoms with Crippen molar-refractivity contribution < 1.29 is 23.4 Å². The first-order chi connectivity index (χ1) is 17.9. The molecule has 1 unspecified atom stereocenters. The fourth-order valence-electron chi connectivity index (χ4n) is 3.65. The molecule has 1 aliphatic carbocycles. The molecule has 0 saturated carbocycles. The number of allylic oxidation sites excluding steroid dienone is 5. The maximum absolute atomic E-state index is 14.9. The van der Waals surface area contributed by atoms with Crippen LogP contribution in [0.1, 0.15) is 19.0 Å². The molecule has 1 aromatic carbocycles. The lowest BCUT2D eigenvalue weighted by atomic mass is 10.2. The number of ether oxygens (including phenoxy) is 1. The van der Waals surface area contributed by atoms with Gasteiger partial charge in [0.15, 0.2) is 23.6 Å². The fraction of sp³-hybridized carbons (Fsp3) is 0.154. The number of aromatic hydroxyl groups is 1. The first-order valence-corrected chi connectivity index (χ1v) is 11.3. The summed E-state index contributed by atoms with van der Waals surface area (Å²) in [4.78, 5) is 11.5. The topological polar surface area (TPSA) is 97.8 Å². The minimum atomic E-state index is -0.837. The Morgan fingerprint density at radius 3 is 2.78 bits per heavy atom. The van der Waals surface area contributed by atoms with Gasteiger partial charge in [0.25, 0.3) is 0 Å². The molecule has 9 nitrogen and oxygen atoms in total. The maximum Gasteiger partial charge on any atom is 0.190 e. The van der Waals surface area contributed by atoms with Gasteiger partial charge in [0.05, 0.1) is 42.7 Å². The molecule has 0 bridgehead atoms. The lowest BCUT2D eigenvalue weighted by Crippen LogP contribution is -2.26. The lowest BCUT2D eigenvalue weighted by Gasteiger charge is -2.23. The number of aldehydes is 1. The molecule has 1 N–H and O–H groups in total. The number of hydrogen-bond acceptors (Lipinski definition) is 7. The van der Waals surface area contributed by atoms with E-state index in [0.717, 1.165) is 0 Å². The van der Waals surface area contributed by atoms with E-state index >= 15 is 0 Å². The first-order valence-electron chi connectivity index (χ1n) is 11.3. The smallest absolute Gasteiger partial charge is 0.190 e. The molecular formula is C26H24F2N6O3. The Bertz CT molecular complexity index is 1420. The molecule has 3 aromatic rings. The highest BCUT2D eigenvalue weighted by molar-refractivity contribution is 5.99. The monoisotopic (exact) mass is 506 g/mol. The van der Waals surface area contributed by atoms with Crippen LogP contribution >= 0.6 is 0 Å². The highest BCUT2D eigenvalue weighted by Crippen LogP contribution is 2.25. The summed E-state index contributed by atoms with van der Waals surface area (Å²) in [5.41, 5.74) is 1.41. The van der Waals surface area contributed by atoms with Gasteiger partial charge < -0.3 is 9.84 Å². The van der Waals surface area contributed by atoms with Gasteiger partial charge in [0.1, 0.15) is 11.5 Å². The van der Waals surface area contributed by atoms with Crippen LogP contribution in [0.4, 0.5) is 8.78 Å². The van der Waals surface area contributed by atoms with Gasteiger partial charge in [-0.15, -0.1) is 0 Å². The number of hydrazone groups is 1. The summed E-state index contributed by atoms with van der Waals surface area (Å²) in [5, 5.41) is 24.2. The number of hydrogen-bond donors (Lipinski definition) is 1. The summed E-state index contributed by atoms with van der Waals surface area (Å²) in [5.74, 6) is -1.93. The number of aromatic nitrogens is 4. The average Bonchev–Trinajstić information content (AvgIpc) is 3.57. The van der Waals surface area contributed by atoms with Crippen molar-refractivity contribution in [1.82, 2.24) is 24.6 Å². The molecule has 2 aromatic heterocycles. The summed E-state index contributed by atoms with van der Waals surface area (Å²) in [6.45, 7) is 1.84. The summed E-state index contributed by atoms with van der Waals surface area (Å²) in [7, 11) is 1.33. The molecule has 1 aliphatic rings. The van der Waals surface area contributed by atoms with Crippen LogP contribution in [0.2, 0.25) is 0 Å². The Hall–Kier alpha value is -4.80. The zero-order valence-electron chi connectivity index (χ0n) is 20.1. The molecule has 0 aliphatic heterocycles. The van der Waals surface area contributed by atoms with E-state index in [-0.39, 0.29) is 11.4 Å². The Morgan fingerprint density at radius 2 is 2.08 bits per heavy atom. The number of benzene rings is 1. The molecule has 0 radical (unpaired) electrons. The van der Waals surface area contributed by atoms with E-state index in [2.05, 4.69) is 15.3 Å². The van der Waals surface area contributed by atoms with Gasteiger partial charge in [0, 0.05) is 12.4 Å². The van der Waals surface area contributed by atoms with Gasteiger partial charge in [-0.3, -0.25) is 9.80 Å². The lowest BCUT2D eigenvalue weighted by molar-refractivity contribution is -0.107. The van der Waals surface area contributed by atoms with E-state index in [1.807, 2.05) is 6.92 Å². The van der Waals surface area contributed by atoms with Crippen molar-refractivity contribution >= 4 is 17.7 Å². The Morgan fingerprint density at radius 1 is 1.24 bits per heavy atom. The average molecular weight is 507 g/mol. The van der Waals surface area contributed by atoms with Crippen LogP contribution in [0.25, 0.3) is 11.4 Å². The molecule has 1 atom stereocenters. The molecule has 0 spiro atoms. The third-order valence-corrected chi connectivity index (χ3v) is 5.46. The molecule has 37 heavy (non-hydrogen) atoms. The number of methoxy groups -OCH3 is 1.